The van der Waals surface area contributed by atoms with Crippen LogP contribution in [0.25, 0.3) is 44.5 Å². The van der Waals surface area contributed by atoms with Gasteiger partial charge in [-0.3, -0.25) is 15.2 Å². The third-order valence-corrected chi connectivity index (χ3v) is 6.32. The zero-order valence-corrected chi connectivity index (χ0v) is 18.3. The number of anilines is 1. The zero-order chi connectivity index (χ0) is 24.2. The number of halogens is 3. The SMILES string of the molecule is NC1CCN(c2cncc(-c3n[nH]c4ccc(-c5cnc6n[nH]c(C(F)(F)F)c6c5)cc34)n2)CC1. The van der Waals surface area contributed by atoms with Crippen molar-refractivity contribution in [1.82, 2.24) is 35.3 Å². The van der Waals surface area contributed by atoms with E-state index in [1.807, 2.05) is 17.2 Å². The number of nitrogens with zero attached hydrogens (tertiary/aromatic N) is 6. The van der Waals surface area contributed by atoms with Crippen LogP contribution in [0, 0.1) is 0 Å². The van der Waals surface area contributed by atoms with E-state index in [4.69, 9.17) is 10.7 Å². The van der Waals surface area contributed by atoms with Crippen LogP contribution >= 0.6 is 0 Å². The molecule has 0 saturated carbocycles. The fraction of sp³-hybridized carbons (Fsp3) is 0.261. The predicted octanol–water partition coefficient (Wildman–Crippen LogP) is 3.90. The zero-order valence-electron chi connectivity index (χ0n) is 18.3. The van der Waals surface area contributed by atoms with Crippen molar-refractivity contribution in [2.24, 2.45) is 5.73 Å². The standard InChI is InChI=1S/C23H20F3N9/c24-23(25,26)21-16-8-13(9-29-22(16)34-33-21)12-1-2-17-15(7-12)20(32-31-17)18-10-28-11-19(30-18)35-5-3-14(27)4-6-35/h1-2,7-11,14H,3-6,27H2,(H,31,32)(H,29,33,34). The number of H-pyrrole nitrogens is 2. The summed E-state index contributed by atoms with van der Waals surface area (Å²) in [7, 11) is 0. The molecular weight excluding hydrogens is 459 g/mol. The minimum Gasteiger partial charge on any atom is -0.355 e. The largest absolute Gasteiger partial charge is 0.433 e. The molecule has 0 radical (unpaired) electrons. The normalized spacial score (nSPS) is 15.4. The van der Waals surface area contributed by atoms with Gasteiger partial charge in [0.05, 0.1) is 23.3 Å². The molecule has 9 nitrogen and oxygen atoms in total. The Bertz CT molecular complexity index is 1530. The van der Waals surface area contributed by atoms with Crippen LogP contribution in [0.3, 0.4) is 0 Å². The third kappa shape index (κ3) is 3.85. The van der Waals surface area contributed by atoms with Crippen molar-refractivity contribution in [3.63, 3.8) is 0 Å². The molecule has 5 heterocycles. The van der Waals surface area contributed by atoms with Crippen LogP contribution in [-0.4, -0.2) is 54.5 Å². The predicted molar refractivity (Wildman–Crippen MR) is 124 cm³/mol. The van der Waals surface area contributed by atoms with Gasteiger partial charge in [-0.05, 0) is 36.6 Å². The molecular formula is C23H20F3N9. The summed E-state index contributed by atoms with van der Waals surface area (Å²) in [4.78, 5) is 15.4. The molecule has 0 unspecified atom stereocenters. The number of nitrogens with one attached hydrogen (secondary N) is 2. The Morgan fingerprint density at radius 3 is 2.54 bits per heavy atom. The molecule has 0 atom stereocenters. The van der Waals surface area contributed by atoms with Crippen molar-refractivity contribution in [2.45, 2.75) is 25.1 Å². The van der Waals surface area contributed by atoms with Gasteiger partial charge in [0.2, 0.25) is 0 Å². The van der Waals surface area contributed by atoms with Gasteiger partial charge in [0.1, 0.15) is 22.9 Å². The van der Waals surface area contributed by atoms with Gasteiger partial charge in [-0.1, -0.05) is 6.07 Å². The lowest BCUT2D eigenvalue weighted by molar-refractivity contribution is -0.139. The minimum absolute atomic E-state index is 0.0110. The van der Waals surface area contributed by atoms with Crippen LogP contribution in [-0.2, 0) is 6.18 Å². The number of rotatable bonds is 3. The molecule has 1 aliphatic rings. The van der Waals surface area contributed by atoms with Gasteiger partial charge in [-0.25, -0.2) is 9.97 Å². The van der Waals surface area contributed by atoms with Gasteiger partial charge in [0.25, 0.3) is 0 Å². The fourth-order valence-electron chi connectivity index (χ4n) is 4.41. The number of aromatic nitrogens is 7. The van der Waals surface area contributed by atoms with E-state index in [0.717, 1.165) is 42.7 Å². The van der Waals surface area contributed by atoms with Gasteiger partial charge >= 0.3 is 6.18 Å². The van der Waals surface area contributed by atoms with Crippen molar-refractivity contribution in [2.75, 3.05) is 18.0 Å². The number of piperidine rings is 1. The number of benzene rings is 1. The smallest absolute Gasteiger partial charge is 0.355 e. The van der Waals surface area contributed by atoms with Crippen molar-refractivity contribution in [3.8, 4) is 22.5 Å². The molecule has 0 aliphatic carbocycles. The van der Waals surface area contributed by atoms with E-state index in [1.54, 1.807) is 18.5 Å². The van der Waals surface area contributed by atoms with Crippen molar-refractivity contribution in [3.05, 3.63) is 48.5 Å². The van der Waals surface area contributed by atoms with E-state index in [1.165, 1.54) is 12.3 Å². The number of nitrogens with two attached hydrogens (primary N) is 1. The Hall–Kier alpha value is -4.06. The summed E-state index contributed by atoms with van der Waals surface area (Å²) in [5.41, 5.74) is 8.32. The first-order valence-electron chi connectivity index (χ1n) is 11.1. The first-order chi connectivity index (χ1) is 16.9. The van der Waals surface area contributed by atoms with E-state index >= 15 is 0 Å². The second-order valence-electron chi connectivity index (χ2n) is 8.61. The number of hydrogen-bond acceptors (Lipinski definition) is 7. The lowest BCUT2D eigenvalue weighted by Gasteiger charge is -2.30. The Morgan fingerprint density at radius 2 is 1.74 bits per heavy atom. The minimum atomic E-state index is -4.56. The average molecular weight is 479 g/mol. The van der Waals surface area contributed by atoms with Crippen molar-refractivity contribution < 1.29 is 13.2 Å². The average Bonchev–Trinajstić information content (AvgIpc) is 3.48. The number of fused-ring (bicyclic) bond motifs is 2. The Labute approximate surface area is 196 Å². The molecule has 1 saturated heterocycles. The molecule has 1 fully saturated rings. The summed E-state index contributed by atoms with van der Waals surface area (Å²) in [5, 5.41) is 13.8. The van der Waals surface area contributed by atoms with E-state index < -0.39 is 11.9 Å². The molecule has 4 N–H and O–H groups in total. The van der Waals surface area contributed by atoms with Crippen LogP contribution in [0.1, 0.15) is 18.5 Å². The molecule has 1 aromatic carbocycles. The van der Waals surface area contributed by atoms with E-state index in [0.29, 0.717) is 22.5 Å². The molecule has 0 amide bonds. The third-order valence-electron chi connectivity index (χ3n) is 6.32. The highest BCUT2D eigenvalue weighted by Gasteiger charge is 2.35. The van der Waals surface area contributed by atoms with Crippen LogP contribution in [0.4, 0.5) is 19.0 Å². The summed E-state index contributed by atoms with van der Waals surface area (Å²) < 4.78 is 40.0. The van der Waals surface area contributed by atoms with E-state index in [2.05, 4.69) is 30.2 Å². The number of aromatic amines is 2. The maximum atomic E-state index is 13.3. The Balaban J connectivity index is 1.40. The lowest BCUT2D eigenvalue weighted by Crippen LogP contribution is -2.40. The summed E-state index contributed by atoms with van der Waals surface area (Å²) in [5.74, 6) is 0.760. The Morgan fingerprint density at radius 1 is 0.943 bits per heavy atom. The van der Waals surface area contributed by atoms with Crippen molar-refractivity contribution >= 4 is 27.8 Å². The molecule has 4 aromatic heterocycles. The fourth-order valence-corrected chi connectivity index (χ4v) is 4.41. The van der Waals surface area contributed by atoms with E-state index in [-0.39, 0.29) is 17.1 Å². The Kier molecular flexibility index (Phi) is 4.92. The molecule has 5 aromatic rings. The summed E-state index contributed by atoms with van der Waals surface area (Å²) in [6.07, 6.45) is 2.11. The van der Waals surface area contributed by atoms with Crippen LogP contribution in [0.5, 0.6) is 0 Å². The molecule has 0 spiro atoms. The van der Waals surface area contributed by atoms with Gasteiger partial charge in [-0.15, -0.1) is 0 Å². The monoisotopic (exact) mass is 479 g/mol. The van der Waals surface area contributed by atoms with Crippen molar-refractivity contribution in [1.29, 1.82) is 0 Å². The van der Waals surface area contributed by atoms with Gasteiger partial charge < -0.3 is 10.6 Å². The number of alkyl halides is 3. The first kappa shape index (κ1) is 21.5. The molecule has 0 bridgehead atoms. The molecule has 12 heteroatoms. The summed E-state index contributed by atoms with van der Waals surface area (Å²) in [6, 6.07) is 7.14. The maximum Gasteiger partial charge on any atom is 0.433 e. The quantitative estimate of drug-likeness (QED) is 0.358. The van der Waals surface area contributed by atoms with Gasteiger partial charge in [0.15, 0.2) is 5.65 Å². The first-order valence-corrected chi connectivity index (χ1v) is 11.1. The summed E-state index contributed by atoms with van der Waals surface area (Å²) in [6.45, 7) is 1.63. The van der Waals surface area contributed by atoms with Crippen LogP contribution in [0.15, 0.2) is 42.9 Å². The lowest BCUT2D eigenvalue weighted by atomic mass is 10.0. The van der Waals surface area contributed by atoms with Gasteiger partial charge in [0, 0.05) is 36.3 Å². The second-order valence-corrected chi connectivity index (χ2v) is 8.61. The molecule has 35 heavy (non-hydrogen) atoms. The maximum absolute atomic E-state index is 13.3. The number of hydrogen-bond donors (Lipinski definition) is 3. The molecule has 6 rings (SSSR count). The molecule has 1 aliphatic heterocycles. The van der Waals surface area contributed by atoms with Gasteiger partial charge in [-0.2, -0.15) is 23.4 Å². The van der Waals surface area contributed by atoms with Crippen LogP contribution in [0.2, 0.25) is 0 Å². The highest BCUT2D eigenvalue weighted by Crippen LogP contribution is 2.35. The second kappa shape index (κ2) is 8.01. The summed E-state index contributed by atoms with van der Waals surface area (Å²) >= 11 is 0. The van der Waals surface area contributed by atoms with Crippen LogP contribution < -0.4 is 10.6 Å². The topological polar surface area (TPSA) is 125 Å². The highest BCUT2D eigenvalue weighted by molar-refractivity contribution is 5.95. The highest BCUT2D eigenvalue weighted by atomic mass is 19.4. The number of pyridine rings is 1. The molecule has 178 valence electrons. The van der Waals surface area contributed by atoms with E-state index in [9.17, 15) is 13.2 Å².